The molecule has 1 aromatic carbocycles. The van der Waals surface area contributed by atoms with Crippen LogP contribution in [0.25, 0.3) is 0 Å². The Morgan fingerprint density at radius 1 is 1.29 bits per heavy atom. The summed E-state index contributed by atoms with van der Waals surface area (Å²) in [7, 11) is 1.86. The van der Waals surface area contributed by atoms with Crippen molar-refractivity contribution in [1.82, 2.24) is 20.4 Å². The summed E-state index contributed by atoms with van der Waals surface area (Å²) in [6.07, 6.45) is 2.31. The highest BCUT2D eigenvalue weighted by Gasteiger charge is 2.25. The summed E-state index contributed by atoms with van der Waals surface area (Å²) in [5.74, 6) is 0.934. The summed E-state index contributed by atoms with van der Waals surface area (Å²) in [4.78, 5) is 9.48. The number of aliphatic imine (C=N–C) groups is 1. The molecule has 0 bridgehead atoms. The van der Waals surface area contributed by atoms with Crippen LogP contribution in [0, 0.1) is 0 Å². The average Bonchev–Trinajstić information content (AvgIpc) is 2.67. The van der Waals surface area contributed by atoms with E-state index in [4.69, 9.17) is 0 Å². The van der Waals surface area contributed by atoms with Crippen LogP contribution in [-0.4, -0.2) is 67.1 Å². The number of piperidine rings is 1. The highest BCUT2D eigenvalue weighted by Crippen LogP contribution is 2.19. The van der Waals surface area contributed by atoms with Crippen molar-refractivity contribution in [1.29, 1.82) is 0 Å². The van der Waals surface area contributed by atoms with E-state index in [1.165, 1.54) is 5.56 Å². The molecule has 1 aliphatic heterocycles. The summed E-state index contributed by atoms with van der Waals surface area (Å²) in [6.45, 7) is 14.3. The number of hydrogen-bond acceptors (Lipinski definition) is 3. The highest BCUT2D eigenvalue weighted by molar-refractivity contribution is 14.0. The van der Waals surface area contributed by atoms with Gasteiger partial charge in [0.1, 0.15) is 0 Å². The zero-order valence-corrected chi connectivity index (χ0v) is 20.6. The Labute approximate surface area is 189 Å². The number of nitrogens with zero attached hydrogens (tertiary/aromatic N) is 3. The Kier molecular flexibility index (Phi) is 12.0. The summed E-state index contributed by atoms with van der Waals surface area (Å²) >= 11 is 0. The third-order valence-corrected chi connectivity index (χ3v) is 5.63. The lowest BCUT2D eigenvalue weighted by atomic mass is 9.97. The van der Waals surface area contributed by atoms with E-state index in [2.05, 4.69) is 83.5 Å². The summed E-state index contributed by atoms with van der Waals surface area (Å²) in [5.41, 5.74) is 1.40. The van der Waals surface area contributed by atoms with Gasteiger partial charge in [-0.2, -0.15) is 0 Å². The van der Waals surface area contributed by atoms with Gasteiger partial charge in [-0.3, -0.25) is 14.8 Å². The minimum atomic E-state index is 0. The van der Waals surface area contributed by atoms with E-state index in [1.807, 2.05) is 7.05 Å². The number of rotatable bonds is 8. The number of benzene rings is 1. The van der Waals surface area contributed by atoms with Crippen LogP contribution in [0.5, 0.6) is 0 Å². The van der Waals surface area contributed by atoms with Gasteiger partial charge in [-0.15, -0.1) is 24.0 Å². The molecule has 1 aromatic rings. The maximum Gasteiger partial charge on any atom is 0.191 e. The lowest BCUT2D eigenvalue weighted by Gasteiger charge is -2.38. The molecule has 0 saturated carbocycles. The molecule has 0 amide bonds. The zero-order valence-electron chi connectivity index (χ0n) is 18.3. The van der Waals surface area contributed by atoms with Gasteiger partial charge in [-0.1, -0.05) is 37.3 Å². The first-order chi connectivity index (χ1) is 13.0. The largest absolute Gasteiger partial charge is 0.355 e. The Morgan fingerprint density at radius 3 is 2.57 bits per heavy atom. The maximum atomic E-state index is 4.42. The Balaban J connectivity index is 0.00000392. The van der Waals surface area contributed by atoms with Crippen LogP contribution in [0.2, 0.25) is 0 Å². The highest BCUT2D eigenvalue weighted by atomic mass is 127. The SMILES string of the molecule is CCN(CCNC(=NC)NC1CCN(Cc2ccccc2)C(C)C1)C(C)C.I. The molecule has 0 aliphatic carbocycles. The smallest absolute Gasteiger partial charge is 0.191 e. The van der Waals surface area contributed by atoms with Gasteiger partial charge >= 0.3 is 0 Å². The van der Waals surface area contributed by atoms with Crippen molar-refractivity contribution in [3.05, 3.63) is 35.9 Å². The van der Waals surface area contributed by atoms with Crippen molar-refractivity contribution < 1.29 is 0 Å². The topological polar surface area (TPSA) is 42.9 Å². The fourth-order valence-electron chi connectivity index (χ4n) is 3.89. The fourth-order valence-corrected chi connectivity index (χ4v) is 3.89. The van der Waals surface area contributed by atoms with E-state index in [0.717, 1.165) is 51.5 Å². The van der Waals surface area contributed by atoms with Gasteiger partial charge in [0.2, 0.25) is 0 Å². The van der Waals surface area contributed by atoms with Gasteiger partial charge in [0.05, 0.1) is 0 Å². The molecule has 0 spiro atoms. The first-order valence-electron chi connectivity index (χ1n) is 10.5. The maximum absolute atomic E-state index is 4.42. The van der Waals surface area contributed by atoms with Gasteiger partial charge in [-0.25, -0.2) is 0 Å². The molecule has 6 heteroatoms. The van der Waals surface area contributed by atoms with Crippen LogP contribution in [-0.2, 0) is 6.54 Å². The molecule has 5 nitrogen and oxygen atoms in total. The molecular weight excluding hydrogens is 461 g/mol. The summed E-state index contributed by atoms with van der Waals surface area (Å²) in [6, 6.07) is 12.4. The lowest BCUT2D eigenvalue weighted by molar-refractivity contribution is 0.134. The van der Waals surface area contributed by atoms with Crippen molar-refractivity contribution in [2.45, 2.75) is 65.2 Å². The predicted octanol–water partition coefficient (Wildman–Crippen LogP) is 3.55. The van der Waals surface area contributed by atoms with Crippen molar-refractivity contribution in [3.8, 4) is 0 Å². The summed E-state index contributed by atoms with van der Waals surface area (Å²) in [5, 5.41) is 7.12. The first kappa shape index (κ1) is 25.2. The molecule has 2 N–H and O–H groups in total. The molecule has 1 aliphatic rings. The number of hydrogen-bond donors (Lipinski definition) is 2. The zero-order chi connectivity index (χ0) is 19.6. The lowest BCUT2D eigenvalue weighted by Crippen LogP contribution is -2.52. The van der Waals surface area contributed by atoms with Crippen LogP contribution in [0.15, 0.2) is 35.3 Å². The third kappa shape index (κ3) is 8.25. The standard InChI is InChI=1S/C22H39N5.HI/c1-6-26(18(2)3)15-13-24-22(23-5)25-21-12-14-27(19(4)16-21)17-20-10-8-7-9-11-20;/h7-11,18-19,21H,6,12-17H2,1-5H3,(H2,23,24,25);1H. The number of guanidine groups is 1. The Hall–Kier alpha value is -0.860. The predicted molar refractivity (Wildman–Crippen MR) is 132 cm³/mol. The molecule has 1 heterocycles. The van der Waals surface area contributed by atoms with E-state index < -0.39 is 0 Å². The second-order valence-corrected chi connectivity index (χ2v) is 7.89. The number of nitrogens with one attached hydrogen (secondary N) is 2. The van der Waals surface area contributed by atoms with E-state index >= 15 is 0 Å². The van der Waals surface area contributed by atoms with Gasteiger partial charge in [-0.05, 0) is 45.7 Å². The first-order valence-corrected chi connectivity index (χ1v) is 10.5. The third-order valence-electron chi connectivity index (χ3n) is 5.63. The molecule has 0 radical (unpaired) electrons. The molecule has 0 aromatic heterocycles. The number of likely N-dealkylation sites (tertiary alicyclic amines) is 1. The van der Waals surface area contributed by atoms with Crippen molar-refractivity contribution in [2.24, 2.45) is 4.99 Å². The molecule has 2 unspecified atom stereocenters. The van der Waals surface area contributed by atoms with Crippen LogP contribution in [0.4, 0.5) is 0 Å². The quantitative estimate of drug-likeness (QED) is 0.325. The molecule has 1 saturated heterocycles. The molecular formula is C22H40IN5. The molecule has 160 valence electrons. The van der Waals surface area contributed by atoms with Gasteiger partial charge in [0, 0.05) is 51.4 Å². The molecule has 2 rings (SSSR count). The van der Waals surface area contributed by atoms with Crippen LogP contribution in [0.1, 0.15) is 46.1 Å². The van der Waals surface area contributed by atoms with Crippen molar-refractivity contribution in [3.63, 3.8) is 0 Å². The van der Waals surface area contributed by atoms with Gasteiger partial charge in [0.25, 0.3) is 0 Å². The molecule has 28 heavy (non-hydrogen) atoms. The second kappa shape index (κ2) is 13.4. The minimum Gasteiger partial charge on any atom is -0.355 e. The molecule has 2 atom stereocenters. The van der Waals surface area contributed by atoms with E-state index in [0.29, 0.717) is 18.1 Å². The monoisotopic (exact) mass is 501 g/mol. The number of likely N-dealkylation sites (N-methyl/N-ethyl adjacent to an activating group) is 1. The average molecular weight is 502 g/mol. The van der Waals surface area contributed by atoms with Crippen LogP contribution >= 0.6 is 24.0 Å². The second-order valence-electron chi connectivity index (χ2n) is 7.89. The van der Waals surface area contributed by atoms with E-state index in [1.54, 1.807) is 0 Å². The van der Waals surface area contributed by atoms with Crippen LogP contribution < -0.4 is 10.6 Å². The van der Waals surface area contributed by atoms with Gasteiger partial charge < -0.3 is 10.6 Å². The number of halogens is 1. The summed E-state index contributed by atoms with van der Waals surface area (Å²) < 4.78 is 0. The van der Waals surface area contributed by atoms with E-state index in [9.17, 15) is 0 Å². The van der Waals surface area contributed by atoms with Crippen molar-refractivity contribution in [2.75, 3.05) is 33.2 Å². The normalized spacial score (nSPS) is 20.9. The van der Waals surface area contributed by atoms with Gasteiger partial charge in [0.15, 0.2) is 5.96 Å². The van der Waals surface area contributed by atoms with Crippen molar-refractivity contribution >= 4 is 29.9 Å². The fraction of sp³-hybridized carbons (Fsp3) is 0.682. The van der Waals surface area contributed by atoms with E-state index in [-0.39, 0.29) is 24.0 Å². The Morgan fingerprint density at radius 2 is 2.00 bits per heavy atom. The molecule has 1 fully saturated rings. The van der Waals surface area contributed by atoms with Crippen LogP contribution in [0.3, 0.4) is 0 Å². The minimum absolute atomic E-state index is 0. The Bertz CT molecular complexity index is 563.